The van der Waals surface area contributed by atoms with Crippen molar-refractivity contribution in [2.75, 3.05) is 0 Å². The first kappa shape index (κ1) is 8.91. The summed E-state index contributed by atoms with van der Waals surface area (Å²) in [6.07, 6.45) is 2.18. The van der Waals surface area contributed by atoms with Gasteiger partial charge in [-0.25, -0.2) is 0 Å². The molecule has 0 fully saturated rings. The van der Waals surface area contributed by atoms with Crippen LogP contribution in [0.25, 0.3) is 0 Å². The lowest BCUT2D eigenvalue weighted by molar-refractivity contribution is 0.487. The highest BCUT2D eigenvalue weighted by Gasteiger charge is 2.02. The van der Waals surface area contributed by atoms with Crippen molar-refractivity contribution in [1.82, 2.24) is 0 Å². The van der Waals surface area contributed by atoms with Crippen molar-refractivity contribution in [1.29, 1.82) is 0 Å². The van der Waals surface area contributed by atoms with Gasteiger partial charge in [-0.3, -0.25) is 4.55 Å². The van der Waals surface area contributed by atoms with Gasteiger partial charge in [-0.1, -0.05) is 19.8 Å². The van der Waals surface area contributed by atoms with Crippen LogP contribution in [-0.2, 0) is 10.1 Å². The fourth-order valence-corrected chi connectivity index (χ4v) is 0.901. The lowest BCUT2D eigenvalue weighted by Gasteiger charge is -1.92. The summed E-state index contributed by atoms with van der Waals surface area (Å²) in [5.74, 6) is 0.927. The normalized spacial score (nSPS) is 11.8. The Morgan fingerprint density at radius 1 is 1.56 bits per heavy atom. The molecule has 0 heterocycles. The quantitative estimate of drug-likeness (QED) is 0.485. The molecule has 55 valence electrons. The molecule has 9 heavy (non-hydrogen) atoms. The molecule has 0 aromatic carbocycles. The highest BCUT2D eigenvalue weighted by molar-refractivity contribution is 7.87. The number of rotatable bonds is 4. The van der Waals surface area contributed by atoms with Crippen LogP contribution in [0.15, 0.2) is 0 Å². The van der Waals surface area contributed by atoms with Gasteiger partial charge in [0.15, 0.2) is 0 Å². The SMILES string of the molecule is CCCC[CH]S(=O)(=O)O. The van der Waals surface area contributed by atoms with Crippen molar-refractivity contribution < 1.29 is 13.0 Å². The number of unbranched alkanes of at least 4 members (excludes halogenated alkanes) is 2. The van der Waals surface area contributed by atoms with E-state index in [2.05, 4.69) is 0 Å². The fourth-order valence-electron chi connectivity index (χ4n) is 0.436. The van der Waals surface area contributed by atoms with E-state index in [9.17, 15) is 8.42 Å². The molecule has 1 radical (unpaired) electrons. The van der Waals surface area contributed by atoms with Crippen LogP contribution in [0.2, 0.25) is 0 Å². The van der Waals surface area contributed by atoms with E-state index in [0.29, 0.717) is 6.42 Å². The first-order valence-electron chi connectivity index (χ1n) is 2.87. The van der Waals surface area contributed by atoms with Crippen LogP contribution in [0.5, 0.6) is 0 Å². The van der Waals surface area contributed by atoms with Gasteiger partial charge in [-0.05, 0) is 6.42 Å². The van der Waals surface area contributed by atoms with Gasteiger partial charge < -0.3 is 0 Å². The minimum absolute atomic E-state index is 0.440. The minimum Gasteiger partial charge on any atom is -0.285 e. The van der Waals surface area contributed by atoms with Gasteiger partial charge in [-0.2, -0.15) is 8.42 Å². The van der Waals surface area contributed by atoms with E-state index in [1.807, 2.05) is 6.92 Å². The summed E-state index contributed by atoms with van der Waals surface area (Å²) in [4.78, 5) is 0. The topological polar surface area (TPSA) is 54.4 Å². The van der Waals surface area contributed by atoms with Crippen molar-refractivity contribution >= 4 is 10.1 Å². The Morgan fingerprint density at radius 3 is 2.44 bits per heavy atom. The Labute approximate surface area is 55.8 Å². The Bertz CT molecular complexity index is 148. The van der Waals surface area contributed by atoms with E-state index in [-0.39, 0.29) is 0 Å². The van der Waals surface area contributed by atoms with Crippen LogP contribution in [-0.4, -0.2) is 13.0 Å². The molecule has 0 aliphatic rings. The zero-order valence-electron chi connectivity index (χ0n) is 5.37. The smallest absolute Gasteiger partial charge is 0.269 e. The maximum absolute atomic E-state index is 10.0. The molecule has 4 heteroatoms. The van der Waals surface area contributed by atoms with Crippen molar-refractivity contribution in [3.8, 4) is 0 Å². The Kier molecular flexibility index (Phi) is 3.81. The number of hydrogen-bond donors (Lipinski definition) is 1. The highest BCUT2D eigenvalue weighted by atomic mass is 32.2. The molecular formula is C5H11O3S. The first-order valence-corrected chi connectivity index (χ1v) is 4.37. The third kappa shape index (κ3) is 7.91. The summed E-state index contributed by atoms with van der Waals surface area (Å²) in [5, 5.41) is 0. The molecule has 3 nitrogen and oxygen atoms in total. The fraction of sp³-hybridized carbons (Fsp3) is 0.800. The Morgan fingerprint density at radius 2 is 2.11 bits per heavy atom. The van der Waals surface area contributed by atoms with Crippen LogP contribution in [0, 0.1) is 5.75 Å². The van der Waals surface area contributed by atoms with E-state index >= 15 is 0 Å². The Hall–Kier alpha value is -0.0900. The molecular weight excluding hydrogens is 140 g/mol. The van der Waals surface area contributed by atoms with Crippen molar-refractivity contribution in [2.24, 2.45) is 0 Å². The molecule has 0 rings (SSSR count). The second-order valence-electron chi connectivity index (χ2n) is 1.82. The molecule has 0 amide bonds. The van der Waals surface area contributed by atoms with Gasteiger partial charge in [0.1, 0.15) is 5.75 Å². The molecule has 0 bridgehead atoms. The molecule has 0 aliphatic carbocycles. The summed E-state index contributed by atoms with van der Waals surface area (Å²) < 4.78 is 28.2. The summed E-state index contributed by atoms with van der Waals surface area (Å²) in [6, 6.07) is 0. The van der Waals surface area contributed by atoms with E-state index in [0.717, 1.165) is 18.6 Å². The van der Waals surface area contributed by atoms with Gasteiger partial charge in [-0.15, -0.1) is 0 Å². The third-order valence-electron chi connectivity index (χ3n) is 0.886. The van der Waals surface area contributed by atoms with E-state index < -0.39 is 10.1 Å². The van der Waals surface area contributed by atoms with Crippen LogP contribution in [0.1, 0.15) is 26.2 Å². The maximum Gasteiger partial charge on any atom is 0.269 e. The predicted molar refractivity (Wildman–Crippen MR) is 35.4 cm³/mol. The zero-order valence-corrected chi connectivity index (χ0v) is 6.19. The van der Waals surface area contributed by atoms with Gasteiger partial charge in [0.05, 0.1) is 0 Å². The standard InChI is InChI=1S/C5H11O3S/c1-2-3-4-5-9(6,7)8/h5H,2-4H2,1H3,(H,6,7,8). The zero-order chi connectivity index (χ0) is 7.33. The molecule has 0 aromatic rings. The Balaban J connectivity index is 3.30. The number of hydrogen-bond acceptors (Lipinski definition) is 2. The molecule has 0 spiro atoms. The van der Waals surface area contributed by atoms with Crippen LogP contribution < -0.4 is 0 Å². The van der Waals surface area contributed by atoms with Crippen LogP contribution in [0.4, 0.5) is 0 Å². The summed E-state index contributed by atoms with van der Waals surface area (Å²) in [7, 11) is -3.82. The third-order valence-corrected chi connectivity index (χ3v) is 1.54. The van der Waals surface area contributed by atoms with Crippen molar-refractivity contribution in [2.45, 2.75) is 26.2 Å². The second-order valence-corrected chi connectivity index (χ2v) is 3.19. The van der Waals surface area contributed by atoms with Gasteiger partial charge >= 0.3 is 0 Å². The van der Waals surface area contributed by atoms with Gasteiger partial charge in [0.2, 0.25) is 0 Å². The molecule has 0 unspecified atom stereocenters. The van der Waals surface area contributed by atoms with E-state index in [4.69, 9.17) is 4.55 Å². The summed E-state index contributed by atoms with van der Waals surface area (Å²) in [6.45, 7) is 1.96. The first-order chi connectivity index (χ1) is 4.06. The molecule has 0 aliphatic heterocycles. The van der Waals surface area contributed by atoms with Crippen molar-refractivity contribution in [3.05, 3.63) is 5.75 Å². The molecule has 0 saturated heterocycles. The predicted octanol–water partition coefficient (Wildman–Crippen LogP) is 1.23. The summed E-state index contributed by atoms with van der Waals surface area (Å²) in [5.41, 5.74) is 0. The maximum atomic E-state index is 10.0. The average molecular weight is 151 g/mol. The molecule has 1 N–H and O–H groups in total. The van der Waals surface area contributed by atoms with Gasteiger partial charge in [0.25, 0.3) is 10.1 Å². The monoisotopic (exact) mass is 151 g/mol. The highest BCUT2D eigenvalue weighted by Crippen LogP contribution is 2.01. The van der Waals surface area contributed by atoms with Gasteiger partial charge in [0, 0.05) is 0 Å². The van der Waals surface area contributed by atoms with Crippen LogP contribution in [0.3, 0.4) is 0 Å². The van der Waals surface area contributed by atoms with E-state index in [1.165, 1.54) is 0 Å². The summed E-state index contributed by atoms with van der Waals surface area (Å²) >= 11 is 0. The molecule has 0 aromatic heterocycles. The minimum atomic E-state index is -3.82. The lowest BCUT2D eigenvalue weighted by Crippen LogP contribution is -1.96. The average Bonchev–Trinajstić information content (AvgIpc) is 1.63. The van der Waals surface area contributed by atoms with Crippen LogP contribution >= 0.6 is 0 Å². The largest absolute Gasteiger partial charge is 0.285 e. The lowest BCUT2D eigenvalue weighted by atomic mass is 10.3. The van der Waals surface area contributed by atoms with Crippen molar-refractivity contribution in [3.63, 3.8) is 0 Å². The molecule has 0 saturated carbocycles. The van der Waals surface area contributed by atoms with E-state index in [1.54, 1.807) is 0 Å². The second kappa shape index (κ2) is 3.85. The molecule has 0 atom stereocenters.